The second-order valence-corrected chi connectivity index (χ2v) is 7.05. The summed E-state index contributed by atoms with van der Waals surface area (Å²) in [5.41, 5.74) is 2.40. The summed E-state index contributed by atoms with van der Waals surface area (Å²) in [6.45, 7) is 7.84. The summed E-state index contributed by atoms with van der Waals surface area (Å²) < 4.78 is 7.79. The van der Waals surface area contributed by atoms with Gasteiger partial charge in [-0.15, -0.1) is 0 Å². The van der Waals surface area contributed by atoms with Crippen molar-refractivity contribution >= 4 is 5.91 Å². The number of hydrogen-bond acceptors (Lipinski definition) is 5. The molecule has 2 aliphatic heterocycles. The average Bonchev–Trinajstić information content (AvgIpc) is 2.92. The number of ether oxygens (including phenoxy) is 1. The largest absolute Gasteiger partial charge is 0.369 e. The zero-order chi connectivity index (χ0) is 18.4. The van der Waals surface area contributed by atoms with Crippen LogP contribution in [0.2, 0.25) is 0 Å². The third kappa shape index (κ3) is 2.74. The number of H-pyrrole nitrogens is 1. The van der Waals surface area contributed by atoms with Crippen LogP contribution >= 0.6 is 0 Å². The number of likely N-dealkylation sites (tertiary alicyclic amines) is 1. The number of fused-ring (bicyclic) bond motifs is 1. The highest BCUT2D eigenvalue weighted by Gasteiger charge is 2.38. The molecule has 1 amide bonds. The molecular weight excluding hydrogens is 334 g/mol. The Hall–Kier alpha value is -2.48. The van der Waals surface area contributed by atoms with Gasteiger partial charge in [0.25, 0.3) is 11.5 Å². The molecule has 4 rings (SSSR count). The predicted octanol–water partition coefficient (Wildman–Crippen LogP) is 1.25. The van der Waals surface area contributed by atoms with Crippen LogP contribution in [0.4, 0.5) is 0 Å². The van der Waals surface area contributed by atoms with E-state index in [-0.39, 0.29) is 29.6 Å². The molecule has 2 aromatic rings. The van der Waals surface area contributed by atoms with Gasteiger partial charge in [-0.25, -0.2) is 4.98 Å². The van der Waals surface area contributed by atoms with Crippen molar-refractivity contribution in [3.63, 3.8) is 0 Å². The minimum atomic E-state index is -0.168. The number of hydrogen-bond donors (Lipinski definition) is 1. The normalized spacial score (nSPS) is 22.8. The summed E-state index contributed by atoms with van der Waals surface area (Å²) in [5, 5.41) is 4.58. The minimum absolute atomic E-state index is 0.0516. The SMILES string of the molecule is CCn1nc(C(=O)N2CC(c3nccc(=O)[nH]3)C2)c2c1[C@H](C)O[C@H](C)C2. The van der Waals surface area contributed by atoms with Gasteiger partial charge in [0.15, 0.2) is 5.69 Å². The van der Waals surface area contributed by atoms with E-state index in [1.165, 1.54) is 12.3 Å². The minimum Gasteiger partial charge on any atom is -0.369 e. The summed E-state index contributed by atoms with van der Waals surface area (Å²) in [6.07, 6.45) is 2.21. The number of aromatic nitrogens is 4. The lowest BCUT2D eigenvalue weighted by Gasteiger charge is -2.38. The van der Waals surface area contributed by atoms with Crippen LogP contribution in [-0.4, -0.2) is 49.7 Å². The highest BCUT2D eigenvalue weighted by molar-refractivity contribution is 5.94. The summed E-state index contributed by atoms with van der Waals surface area (Å²) >= 11 is 0. The number of amides is 1. The van der Waals surface area contributed by atoms with Crippen molar-refractivity contribution in [3.05, 3.63) is 45.4 Å². The molecule has 8 nitrogen and oxygen atoms in total. The van der Waals surface area contributed by atoms with Gasteiger partial charge in [-0.1, -0.05) is 0 Å². The molecule has 8 heteroatoms. The van der Waals surface area contributed by atoms with E-state index in [1.807, 2.05) is 25.5 Å². The highest BCUT2D eigenvalue weighted by Crippen LogP contribution is 2.34. The molecule has 2 aliphatic rings. The van der Waals surface area contributed by atoms with Crippen LogP contribution in [0.1, 0.15) is 60.4 Å². The van der Waals surface area contributed by atoms with Crippen LogP contribution in [0, 0.1) is 0 Å². The van der Waals surface area contributed by atoms with Gasteiger partial charge in [-0.05, 0) is 20.8 Å². The van der Waals surface area contributed by atoms with Crippen molar-refractivity contribution in [2.24, 2.45) is 0 Å². The van der Waals surface area contributed by atoms with E-state index in [4.69, 9.17) is 4.74 Å². The number of nitrogens with zero attached hydrogens (tertiary/aromatic N) is 4. The van der Waals surface area contributed by atoms with Crippen LogP contribution in [0.15, 0.2) is 17.1 Å². The molecule has 1 fully saturated rings. The van der Waals surface area contributed by atoms with Crippen LogP contribution < -0.4 is 5.56 Å². The molecule has 1 saturated heterocycles. The van der Waals surface area contributed by atoms with Crippen LogP contribution in [-0.2, 0) is 17.7 Å². The Kier molecular flexibility index (Phi) is 4.14. The molecule has 0 radical (unpaired) electrons. The maximum atomic E-state index is 13.0. The summed E-state index contributed by atoms with van der Waals surface area (Å²) in [6, 6.07) is 1.39. The van der Waals surface area contributed by atoms with E-state index in [9.17, 15) is 9.59 Å². The number of aromatic amines is 1. The third-order valence-electron chi connectivity index (χ3n) is 5.16. The fraction of sp³-hybridized carbons (Fsp3) is 0.556. The lowest BCUT2D eigenvalue weighted by atomic mass is 9.95. The smallest absolute Gasteiger partial charge is 0.274 e. The van der Waals surface area contributed by atoms with E-state index in [1.54, 1.807) is 4.90 Å². The topological polar surface area (TPSA) is 93.1 Å². The van der Waals surface area contributed by atoms with E-state index < -0.39 is 0 Å². The second-order valence-electron chi connectivity index (χ2n) is 7.05. The number of nitrogens with one attached hydrogen (secondary N) is 1. The van der Waals surface area contributed by atoms with Gasteiger partial charge in [-0.3, -0.25) is 14.3 Å². The lowest BCUT2D eigenvalue weighted by Crippen LogP contribution is -2.49. The summed E-state index contributed by atoms with van der Waals surface area (Å²) in [4.78, 5) is 33.1. The second kappa shape index (κ2) is 6.35. The van der Waals surface area contributed by atoms with Crippen molar-refractivity contribution in [1.82, 2.24) is 24.6 Å². The zero-order valence-corrected chi connectivity index (χ0v) is 15.2. The third-order valence-corrected chi connectivity index (χ3v) is 5.16. The molecule has 1 N–H and O–H groups in total. The maximum absolute atomic E-state index is 13.0. The molecule has 0 unspecified atom stereocenters. The number of rotatable bonds is 3. The van der Waals surface area contributed by atoms with Gasteiger partial charge in [-0.2, -0.15) is 5.10 Å². The molecule has 2 atom stereocenters. The molecule has 0 bridgehead atoms. The lowest BCUT2D eigenvalue weighted by molar-refractivity contribution is -0.00955. The number of carbonyl (C=O) groups is 1. The fourth-order valence-corrected chi connectivity index (χ4v) is 3.89. The number of carbonyl (C=O) groups excluding carboxylic acids is 1. The van der Waals surface area contributed by atoms with Crippen molar-refractivity contribution in [2.45, 2.75) is 51.9 Å². The molecule has 2 aromatic heterocycles. The average molecular weight is 357 g/mol. The first kappa shape index (κ1) is 17.0. The van der Waals surface area contributed by atoms with Gasteiger partial charge in [0.1, 0.15) is 5.82 Å². The Morgan fingerprint density at radius 1 is 1.38 bits per heavy atom. The molecular formula is C18H23N5O3. The van der Waals surface area contributed by atoms with Crippen LogP contribution in [0.25, 0.3) is 0 Å². The Morgan fingerprint density at radius 3 is 2.85 bits per heavy atom. The van der Waals surface area contributed by atoms with Gasteiger partial charge in [0.2, 0.25) is 0 Å². The summed E-state index contributed by atoms with van der Waals surface area (Å²) in [5.74, 6) is 0.653. The predicted molar refractivity (Wildman–Crippen MR) is 94.1 cm³/mol. The van der Waals surface area contributed by atoms with Crippen molar-refractivity contribution < 1.29 is 9.53 Å². The van der Waals surface area contributed by atoms with Crippen molar-refractivity contribution in [2.75, 3.05) is 13.1 Å². The van der Waals surface area contributed by atoms with Crippen LogP contribution in [0.3, 0.4) is 0 Å². The molecule has 0 saturated carbocycles. The maximum Gasteiger partial charge on any atom is 0.274 e. The van der Waals surface area contributed by atoms with E-state index in [2.05, 4.69) is 15.1 Å². The Labute approximate surface area is 151 Å². The molecule has 138 valence electrons. The Morgan fingerprint density at radius 2 is 2.15 bits per heavy atom. The molecule has 26 heavy (non-hydrogen) atoms. The first-order valence-electron chi connectivity index (χ1n) is 9.07. The highest BCUT2D eigenvalue weighted by atomic mass is 16.5. The van der Waals surface area contributed by atoms with Crippen molar-refractivity contribution in [3.8, 4) is 0 Å². The van der Waals surface area contributed by atoms with Gasteiger partial charge < -0.3 is 14.6 Å². The molecule has 0 aliphatic carbocycles. The first-order chi connectivity index (χ1) is 12.5. The summed E-state index contributed by atoms with van der Waals surface area (Å²) in [7, 11) is 0. The molecule has 0 aromatic carbocycles. The Balaban J connectivity index is 1.56. The molecule has 4 heterocycles. The standard InChI is InChI=1S/C18H23N5O3/c1-4-23-16-11(3)26-10(2)7-13(16)15(21-23)18(25)22-8-12(9-22)17-19-6-5-14(24)20-17/h5-6,10-12H,4,7-9H2,1-3H3,(H,19,20,24)/t10-,11+/m1/s1. The number of aryl methyl sites for hydroxylation is 1. The van der Waals surface area contributed by atoms with Gasteiger partial charge >= 0.3 is 0 Å². The van der Waals surface area contributed by atoms with Gasteiger partial charge in [0, 0.05) is 43.9 Å². The first-order valence-corrected chi connectivity index (χ1v) is 9.07. The Bertz CT molecular complexity index is 896. The van der Waals surface area contributed by atoms with E-state index in [0.717, 1.165) is 11.3 Å². The zero-order valence-electron chi connectivity index (χ0n) is 15.2. The van der Waals surface area contributed by atoms with Crippen LogP contribution in [0.5, 0.6) is 0 Å². The van der Waals surface area contributed by atoms with E-state index in [0.29, 0.717) is 37.6 Å². The van der Waals surface area contributed by atoms with Crippen molar-refractivity contribution in [1.29, 1.82) is 0 Å². The van der Waals surface area contributed by atoms with Gasteiger partial charge in [0.05, 0.1) is 23.8 Å². The fourth-order valence-electron chi connectivity index (χ4n) is 3.89. The monoisotopic (exact) mass is 357 g/mol. The quantitative estimate of drug-likeness (QED) is 0.892. The molecule has 0 spiro atoms. The van der Waals surface area contributed by atoms with E-state index >= 15 is 0 Å².